The van der Waals surface area contributed by atoms with Crippen LogP contribution in [0.4, 0.5) is 0 Å². The fourth-order valence-corrected chi connectivity index (χ4v) is 2.00. The summed E-state index contributed by atoms with van der Waals surface area (Å²) in [5, 5.41) is 10.1. The minimum atomic E-state index is 0.528. The quantitative estimate of drug-likeness (QED) is 0.622. The lowest BCUT2D eigenvalue weighted by molar-refractivity contribution is 0.458. The summed E-state index contributed by atoms with van der Waals surface area (Å²) >= 11 is 1.60. The first-order valence-corrected chi connectivity index (χ1v) is 6.38. The third-order valence-electron chi connectivity index (χ3n) is 2.27. The topological polar surface area (TPSA) is 67.4 Å². The summed E-state index contributed by atoms with van der Waals surface area (Å²) < 4.78 is 0. The van der Waals surface area contributed by atoms with Gasteiger partial charge in [0, 0.05) is 13.1 Å². The van der Waals surface area contributed by atoms with Gasteiger partial charge in [-0.3, -0.25) is 0 Å². The third-order valence-corrected chi connectivity index (χ3v) is 3.33. The number of nitrogens with two attached hydrogens (primary N) is 1. The molecular weight excluding hydrogens is 222 g/mol. The van der Waals surface area contributed by atoms with Crippen LogP contribution in [0.5, 0.6) is 0 Å². The molecule has 1 rings (SSSR count). The van der Waals surface area contributed by atoms with E-state index in [1.807, 2.05) is 4.90 Å². The predicted octanol–water partition coefficient (Wildman–Crippen LogP) is 1.26. The maximum absolute atomic E-state index is 5.86. The van der Waals surface area contributed by atoms with Gasteiger partial charge in [0.15, 0.2) is 5.96 Å². The second-order valence-corrected chi connectivity index (χ2v) is 4.44. The van der Waals surface area contributed by atoms with Crippen LogP contribution in [0.1, 0.15) is 30.8 Å². The van der Waals surface area contributed by atoms with Crippen molar-refractivity contribution in [3.63, 3.8) is 0 Å². The van der Waals surface area contributed by atoms with Crippen molar-refractivity contribution in [2.24, 2.45) is 10.7 Å². The minimum absolute atomic E-state index is 0.528. The van der Waals surface area contributed by atoms with Gasteiger partial charge >= 0.3 is 0 Å². The highest BCUT2D eigenvalue weighted by Gasteiger charge is 2.04. The molecule has 0 aliphatic heterocycles. The number of aromatic nitrogens is 2. The number of guanidine groups is 1. The van der Waals surface area contributed by atoms with Gasteiger partial charge in [-0.25, -0.2) is 4.99 Å². The fourth-order valence-electron chi connectivity index (χ4n) is 1.29. The van der Waals surface area contributed by atoms with Gasteiger partial charge in [0.05, 0.1) is 6.54 Å². The van der Waals surface area contributed by atoms with E-state index in [4.69, 9.17) is 5.73 Å². The van der Waals surface area contributed by atoms with Crippen LogP contribution in [-0.4, -0.2) is 34.1 Å². The van der Waals surface area contributed by atoms with Crippen LogP contribution in [0.2, 0.25) is 0 Å². The number of aliphatic imine (C=N–C) groups is 1. The van der Waals surface area contributed by atoms with Crippen LogP contribution in [-0.2, 0) is 13.0 Å². The van der Waals surface area contributed by atoms with E-state index in [0.717, 1.165) is 29.5 Å². The van der Waals surface area contributed by atoms with Gasteiger partial charge < -0.3 is 10.6 Å². The Morgan fingerprint density at radius 2 is 1.88 bits per heavy atom. The fraction of sp³-hybridized carbons (Fsp3) is 0.700. The molecule has 16 heavy (non-hydrogen) atoms. The van der Waals surface area contributed by atoms with E-state index >= 15 is 0 Å². The summed E-state index contributed by atoms with van der Waals surface area (Å²) in [7, 11) is 0. The molecule has 1 heterocycles. The Hall–Kier alpha value is -1.17. The third kappa shape index (κ3) is 3.44. The molecule has 6 heteroatoms. The van der Waals surface area contributed by atoms with Crippen molar-refractivity contribution in [1.82, 2.24) is 15.1 Å². The van der Waals surface area contributed by atoms with E-state index in [1.54, 1.807) is 11.3 Å². The Kier molecular flexibility index (Phi) is 5.18. The summed E-state index contributed by atoms with van der Waals surface area (Å²) in [6.45, 7) is 8.47. The Morgan fingerprint density at radius 3 is 2.38 bits per heavy atom. The molecule has 90 valence electrons. The van der Waals surface area contributed by atoms with Crippen LogP contribution < -0.4 is 5.73 Å². The Balaban J connectivity index is 2.57. The first-order chi connectivity index (χ1) is 7.71. The highest BCUT2D eigenvalue weighted by atomic mass is 32.1. The molecule has 2 N–H and O–H groups in total. The molecule has 5 nitrogen and oxygen atoms in total. The van der Waals surface area contributed by atoms with E-state index in [2.05, 4.69) is 36.0 Å². The molecular formula is C10H19N5S. The highest BCUT2D eigenvalue weighted by molar-refractivity contribution is 7.11. The van der Waals surface area contributed by atoms with E-state index in [0.29, 0.717) is 12.5 Å². The maximum Gasteiger partial charge on any atom is 0.191 e. The summed E-state index contributed by atoms with van der Waals surface area (Å²) in [4.78, 5) is 6.33. The Morgan fingerprint density at radius 1 is 1.25 bits per heavy atom. The maximum atomic E-state index is 5.86. The van der Waals surface area contributed by atoms with Crippen molar-refractivity contribution < 1.29 is 0 Å². The lowest BCUT2D eigenvalue weighted by atomic mass is 10.5. The zero-order valence-corrected chi connectivity index (χ0v) is 10.9. The lowest BCUT2D eigenvalue weighted by Gasteiger charge is -2.18. The molecule has 0 unspecified atom stereocenters. The second-order valence-electron chi connectivity index (χ2n) is 3.29. The molecule has 0 radical (unpaired) electrons. The van der Waals surface area contributed by atoms with E-state index in [-0.39, 0.29) is 0 Å². The zero-order valence-electron chi connectivity index (χ0n) is 10.1. The molecule has 0 aliphatic rings. The van der Waals surface area contributed by atoms with Crippen molar-refractivity contribution >= 4 is 17.3 Å². The van der Waals surface area contributed by atoms with Crippen molar-refractivity contribution in [2.75, 3.05) is 13.1 Å². The SMILES string of the molecule is CCc1nnc(CN=C(N)N(CC)CC)s1. The van der Waals surface area contributed by atoms with E-state index in [9.17, 15) is 0 Å². The predicted molar refractivity (Wildman–Crippen MR) is 67.5 cm³/mol. The highest BCUT2D eigenvalue weighted by Crippen LogP contribution is 2.10. The molecule has 0 amide bonds. The van der Waals surface area contributed by atoms with Crippen molar-refractivity contribution in [3.05, 3.63) is 10.0 Å². The van der Waals surface area contributed by atoms with Gasteiger partial charge in [-0.1, -0.05) is 18.3 Å². The van der Waals surface area contributed by atoms with Crippen molar-refractivity contribution in [2.45, 2.75) is 33.7 Å². The van der Waals surface area contributed by atoms with Crippen molar-refractivity contribution in [1.29, 1.82) is 0 Å². The monoisotopic (exact) mass is 241 g/mol. The molecule has 0 saturated carbocycles. The molecule has 0 atom stereocenters. The summed E-state index contributed by atoms with van der Waals surface area (Å²) in [5.41, 5.74) is 5.86. The number of nitrogens with zero attached hydrogens (tertiary/aromatic N) is 4. The summed E-state index contributed by atoms with van der Waals surface area (Å²) in [6, 6.07) is 0. The van der Waals surface area contributed by atoms with Crippen molar-refractivity contribution in [3.8, 4) is 0 Å². The van der Waals surface area contributed by atoms with Gasteiger partial charge in [-0.15, -0.1) is 10.2 Å². The van der Waals surface area contributed by atoms with Crippen LogP contribution in [0.3, 0.4) is 0 Å². The first-order valence-electron chi connectivity index (χ1n) is 5.57. The van der Waals surface area contributed by atoms with Gasteiger partial charge in [0.1, 0.15) is 10.0 Å². The lowest BCUT2D eigenvalue weighted by Crippen LogP contribution is -2.37. The van der Waals surface area contributed by atoms with E-state index < -0.39 is 0 Å². The first kappa shape index (κ1) is 12.9. The molecule has 0 bridgehead atoms. The van der Waals surface area contributed by atoms with Crippen LogP contribution in [0.15, 0.2) is 4.99 Å². The smallest absolute Gasteiger partial charge is 0.191 e. The van der Waals surface area contributed by atoms with Gasteiger partial charge in [-0.2, -0.15) is 0 Å². The normalized spacial score (nSPS) is 11.8. The molecule has 0 aromatic carbocycles. The Bertz CT molecular complexity index is 343. The summed E-state index contributed by atoms with van der Waals surface area (Å²) in [5.74, 6) is 0.582. The average molecular weight is 241 g/mol. The van der Waals surface area contributed by atoms with Gasteiger partial charge in [0.2, 0.25) is 0 Å². The van der Waals surface area contributed by atoms with Gasteiger partial charge in [0.25, 0.3) is 0 Å². The van der Waals surface area contributed by atoms with Crippen LogP contribution in [0.25, 0.3) is 0 Å². The number of hydrogen-bond acceptors (Lipinski definition) is 4. The number of hydrogen-bond donors (Lipinski definition) is 1. The zero-order chi connectivity index (χ0) is 12.0. The molecule has 0 saturated heterocycles. The molecule has 0 spiro atoms. The molecule has 1 aromatic heterocycles. The van der Waals surface area contributed by atoms with Crippen LogP contribution >= 0.6 is 11.3 Å². The Labute approximate surface area is 100 Å². The number of rotatable bonds is 5. The molecule has 0 fully saturated rings. The largest absolute Gasteiger partial charge is 0.370 e. The van der Waals surface area contributed by atoms with Gasteiger partial charge in [-0.05, 0) is 20.3 Å². The minimum Gasteiger partial charge on any atom is -0.370 e. The molecule has 0 aliphatic carbocycles. The standard InChI is InChI=1S/C10H19N5S/c1-4-8-13-14-9(16-8)7-12-10(11)15(5-2)6-3/h4-7H2,1-3H3,(H2,11,12). The van der Waals surface area contributed by atoms with E-state index in [1.165, 1.54) is 0 Å². The second kappa shape index (κ2) is 6.42. The van der Waals surface area contributed by atoms with Crippen LogP contribution in [0, 0.1) is 0 Å². The number of aryl methyl sites for hydroxylation is 1. The summed E-state index contributed by atoms with van der Waals surface area (Å²) in [6.07, 6.45) is 0.924. The molecule has 1 aromatic rings. The average Bonchev–Trinajstić information content (AvgIpc) is 2.76.